The van der Waals surface area contributed by atoms with Gasteiger partial charge in [0.25, 0.3) is 6.43 Å². The smallest absolute Gasteiger partial charge is 0.275 e. The van der Waals surface area contributed by atoms with Gasteiger partial charge in [0.2, 0.25) is 0 Å². The van der Waals surface area contributed by atoms with Crippen molar-refractivity contribution in [3.05, 3.63) is 17.5 Å². The molecule has 15 heavy (non-hydrogen) atoms. The van der Waals surface area contributed by atoms with Crippen LogP contribution in [0.4, 0.5) is 8.78 Å². The van der Waals surface area contributed by atoms with E-state index in [0.717, 1.165) is 4.68 Å². The van der Waals surface area contributed by atoms with Crippen molar-refractivity contribution in [1.82, 2.24) is 9.78 Å². The van der Waals surface area contributed by atoms with Gasteiger partial charge < -0.3 is 0 Å². The summed E-state index contributed by atoms with van der Waals surface area (Å²) in [4.78, 5) is 0. The Bertz CT molecular complexity index is 442. The predicted octanol–water partition coefficient (Wildman–Crippen LogP) is 0.0778. The molecule has 0 unspecified atom stereocenters. The molecule has 6 nitrogen and oxygen atoms in total. The van der Waals surface area contributed by atoms with Crippen molar-refractivity contribution in [2.24, 2.45) is 12.2 Å². The van der Waals surface area contributed by atoms with Gasteiger partial charge in [-0.1, -0.05) is 0 Å². The van der Waals surface area contributed by atoms with Crippen molar-refractivity contribution in [2.45, 2.75) is 13.0 Å². The molecule has 1 aromatic heterocycles. The summed E-state index contributed by atoms with van der Waals surface area (Å²) < 4.78 is 50.9. The highest BCUT2D eigenvalue weighted by Crippen LogP contribution is 2.21. The maximum absolute atomic E-state index is 12.3. The second-order valence-corrected chi connectivity index (χ2v) is 3.99. The SMILES string of the molecule is Cn1cc(COS(N)(=O)=O)c(C(F)F)n1. The minimum Gasteiger partial charge on any atom is -0.275 e. The average molecular weight is 241 g/mol. The molecule has 0 aliphatic rings. The van der Waals surface area contributed by atoms with Crippen LogP contribution in [0, 0.1) is 0 Å². The van der Waals surface area contributed by atoms with Gasteiger partial charge in [-0.3, -0.25) is 8.86 Å². The predicted molar refractivity (Wildman–Crippen MR) is 46.1 cm³/mol. The maximum atomic E-state index is 12.3. The highest BCUT2D eigenvalue weighted by Gasteiger charge is 2.18. The van der Waals surface area contributed by atoms with Crippen molar-refractivity contribution in [1.29, 1.82) is 0 Å². The quantitative estimate of drug-likeness (QED) is 0.808. The number of nitrogens with zero attached hydrogens (tertiary/aromatic N) is 2. The Balaban J connectivity index is 2.85. The lowest BCUT2D eigenvalue weighted by atomic mass is 10.3. The Labute approximate surface area is 84.9 Å². The fraction of sp³-hybridized carbons (Fsp3) is 0.500. The standard InChI is InChI=1S/C6H9F2N3O3S/c1-11-2-4(3-14-15(9,12)13)5(10-11)6(7)8/h2,6H,3H2,1H3,(H2,9,12,13). The Kier molecular flexibility index (Phi) is 3.37. The van der Waals surface area contributed by atoms with Gasteiger partial charge in [-0.2, -0.15) is 13.5 Å². The molecule has 1 aromatic rings. The molecule has 1 rings (SSSR count). The molecule has 0 saturated heterocycles. The van der Waals surface area contributed by atoms with Crippen LogP contribution in [-0.2, 0) is 28.1 Å². The number of halogens is 2. The number of nitrogens with two attached hydrogens (primary N) is 1. The third kappa shape index (κ3) is 3.53. The monoisotopic (exact) mass is 241 g/mol. The van der Waals surface area contributed by atoms with Gasteiger partial charge in [-0.25, -0.2) is 13.9 Å². The molecule has 86 valence electrons. The Hall–Kier alpha value is -1.06. The first kappa shape index (κ1) is 12.0. The van der Waals surface area contributed by atoms with Crippen LogP contribution < -0.4 is 5.14 Å². The van der Waals surface area contributed by atoms with E-state index < -0.39 is 29.0 Å². The van der Waals surface area contributed by atoms with Crippen LogP contribution in [0.15, 0.2) is 6.20 Å². The Morgan fingerprint density at radius 1 is 1.67 bits per heavy atom. The van der Waals surface area contributed by atoms with Crippen LogP contribution in [0.2, 0.25) is 0 Å². The first-order chi connectivity index (χ1) is 6.79. The number of aryl methyl sites for hydroxylation is 1. The third-order valence-electron chi connectivity index (χ3n) is 1.52. The van der Waals surface area contributed by atoms with Crippen LogP contribution in [0.3, 0.4) is 0 Å². The molecule has 9 heteroatoms. The first-order valence-electron chi connectivity index (χ1n) is 3.77. The molecular weight excluding hydrogens is 232 g/mol. The van der Waals surface area contributed by atoms with Gasteiger partial charge in [0.1, 0.15) is 5.69 Å². The van der Waals surface area contributed by atoms with Gasteiger partial charge in [-0.15, -0.1) is 0 Å². The van der Waals surface area contributed by atoms with E-state index in [9.17, 15) is 17.2 Å². The van der Waals surface area contributed by atoms with E-state index in [0.29, 0.717) is 0 Å². The van der Waals surface area contributed by atoms with E-state index in [4.69, 9.17) is 0 Å². The Morgan fingerprint density at radius 3 is 2.73 bits per heavy atom. The largest absolute Gasteiger partial charge is 0.333 e. The molecule has 0 amide bonds. The van der Waals surface area contributed by atoms with Crippen LogP contribution in [0.5, 0.6) is 0 Å². The zero-order valence-electron chi connectivity index (χ0n) is 7.72. The molecule has 0 bridgehead atoms. The van der Waals surface area contributed by atoms with Gasteiger partial charge in [0.05, 0.1) is 6.61 Å². The van der Waals surface area contributed by atoms with E-state index in [-0.39, 0.29) is 5.56 Å². The lowest BCUT2D eigenvalue weighted by Crippen LogP contribution is -2.15. The lowest BCUT2D eigenvalue weighted by molar-refractivity contribution is 0.142. The molecular formula is C6H9F2N3O3S. The topological polar surface area (TPSA) is 87.2 Å². The third-order valence-corrected chi connectivity index (χ3v) is 1.97. The summed E-state index contributed by atoms with van der Waals surface area (Å²) in [6.45, 7) is -0.549. The van der Waals surface area contributed by atoms with Gasteiger partial charge in [0.15, 0.2) is 0 Å². The summed E-state index contributed by atoms with van der Waals surface area (Å²) in [5.74, 6) is 0. The van der Waals surface area contributed by atoms with Crippen molar-refractivity contribution < 1.29 is 21.4 Å². The molecule has 0 spiro atoms. The second-order valence-electron chi connectivity index (χ2n) is 2.77. The van der Waals surface area contributed by atoms with Crippen LogP contribution in [-0.4, -0.2) is 18.2 Å². The van der Waals surface area contributed by atoms with Crippen molar-refractivity contribution in [3.63, 3.8) is 0 Å². The molecule has 0 fully saturated rings. The van der Waals surface area contributed by atoms with Gasteiger partial charge >= 0.3 is 10.3 Å². The van der Waals surface area contributed by atoms with Crippen LogP contribution in [0.1, 0.15) is 17.7 Å². The van der Waals surface area contributed by atoms with Crippen molar-refractivity contribution in [3.8, 4) is 0 Å². The fourth-order valence-corrected chi connectivity index (χ4v) is 1.29. The van der Waals surface area contributed by atoms with Crippen molar-refractivity contribution in [2.75, 3.05) is 0 Å². The normalized spacial score (nSPS) is 12.3. The minimum absolute atomic E-state index is 0.0125. The maximum Gasteiger partial charge on any atom is 0.333 e. The van der Waals surface area contributed by atoms with Crippen LogP contribution >= 0.6 is 0 Å². The minimum atomic E-state index is -4.14. The molecule has 0 aliphatic carbocycles. The summed E-state index contributed by atoms with van der Waals surface area (Å²) in [5.41, 5.74) is -0.525. The van der Waals surface area contributed by atoms with Gasteiger partial charge in [0, 0.05) is 18.8 Å². The van der Waals surface area contributed by atoms with E-state index >= 15 is 0 Å². The van der Waals surface area contributed by atoms with E-state index in [2.05, 4.69) is 14.4 Å². The summed E-state index contributed by atoms with van der Waals surface area (Å²) in [7, 11) is -2.70. The van der Waals surface area contributed by atoms with Gasteiger partial charge in [-0.05, 0) is 0 Å². The van der Waals surface area contributed by atoms with E-state index in [1.807, 2.05) is 0 Å². The number of alkyl halides is 2. The zero-order valence-corrected chi connectivity index (χ0v) is 8.54. The molecule has 1 heterocycles. The number of aromatic nitrogens is 2. The fourth-order valence-electron chi connectivity index (χ4n) is 0.995. The number of hydrogen-bond donors (Lipinski definition) is 1. The molecule has 0 aliphatic heterocycles. The zero-order chi connectivity index (χ0) is 11.6. The first-order valence-corrected chi connectivity index (χ1v) is 5.24. The van der Waals surface area contributed by atoms with Crippen LogP contribution in [0.25, 0.3) is 0 Å². The lowest BCUT2D eigenvalue weighted by Gasteiger charge is -2.00. The summed E-state index contributed by atoms with van der Waals surface area (Å²) in [5, 5.41) is 8.01. The molecule has 0 radical (unpaired) electrons. The summed E-state index contributed by atoms with van der Waals surface area (Å²) in [6, 6.07) is 0. The molecule has 0 aromatic carbocycles. The molecule has 2 N–H and O–H groups in total. The second kappa shape index (κ2) is 4.21. The summed E-state index contributed by atoms with van der Waals surface area (Å²) in [6.07, 6.45) is -1.54. The number of hydrogen-bond acceptors (Lipinski definition) is 4. The molecule has 0 saturated carbocycles. The van der Waals surface area contributed by atoms with E-state index in [1.54, 1.807) is 0 Å². The van der Waals surface area contributed by atoms with E-state index in [1.165, 1.54) is 13.2 Å². The highest BCUT2D eigenvalue weighted by atomic mass is 32.2. The highest BCUT2D eigenvalue weighted by molar-refractivity contribution is 7.84. The molecule has 0 atom stereocenters. The average Bonchev–Trinajstić information content (AvgIpc) is 2.42. The van der Waals surface area contributed by atoms with Crippen molar-refractivity contribution >= 4 is 10.3 Å². The summed E-state index contributed by atoms with van der Waals surface area (Å²) >= 11 is 0. The Morgan fingerprint density at radius 2 is 2.27 bits per heavy atom. The number of rotatable bonds is 4.